The van der Waals surface area contributed by atoms with Crippen LogP contribution in [-0.2, 0) is 6.18 Å². The molecular weight excluding hydrogens is 414 g/mol. The average molecular weight is 433 g/mol. The Bertz CT molecular complexity index is 1100. The third-order valence-electron chi connectivity index (χ3n) is 5.13. The second-order valence-corrected chi connectivity index (χ2v) is 7.32. The first-order valence-corrected chi connectivity index (χ1v) is 9.70. The number of hydrogen-bond acceptors (Lipinski definition) is 4. The number of hydrogen-bond donors (Lipinski definition) is 1. The largest absolute Gasteiger partial charge is 0.435 e. The minimum Gasteiger partial charge on any atom is -0.371 e. The van der Waals surface area contributed by atoms with Crippen LogP contribution in [0.2, 0.25) is 0 Å². The van der Waals surface area contributed by atoms with Gasteiger partial charge in [0.2, 0.25) is 0 Å². The number of anilines is 2. The molecule has 0 spiro atoms. The summed E-state index contributed by atoms with van der Waals surface area (Å²) in [6.45, 7) is 3.79. The van der Waals surface area contributed by atoms with Crippen molar-refractivity contribution in [3.05, 3.63) is 65.2 Å². The molecule has 1 aliphatic heterocycles. The van der Waals surface area contributed by atoms with E-state index in [0.29, 0.717) is 10.4 Å². The smallest absolute Gasteiger partial charge is 0.371 e. The van der Waals surface area contributed by atoms with Crippen LogP contribution in [0.4, 0.5) is 28.9 Å². The van der Waals surface area contributed by atoms with Crippen molar-refractivity contribution in [1.82, 2.24) is 15.0 Å². The number of aryl methyl sites for hydroxylation is 1. The molecule has 0 atom stereocenters. The minimum atomic E-state index is -4.90. The van der Waals surface area contributed by atoms with E-state index in [1.165, 1.54) is 0 Å². The molecule has 1 aromatic heterocycles. The Morgan fingerprint density at radius 2 is 1.74 bits per heavy atom. The normalized spacial score (nSPS) is 14.2. The molecule has 0 aliphatic carbocycles. The van der Waals surface area contributed by atoms with E-state index in [2.05, 4.69) is 20.5 Å². The lowest BCUT2D eigenvalue weighted by Crippen LogP contribution is -2.21. The summed E-state index contributed by atoms with van der Waals surface area (Å²) in [5.41, 5.74) is 0.0422. The van der Waals surface area contributed by atoms with Gasteiger partial charge in [0, 0.05) is 24.5 Å². The number of carbonyl (C=O) groups excluding carboxylic acids is 1. The van der Waals surface area contributed by atoms with Gasteiger partial charge in [-0.1, -0.05) is 5.21 Å². The highest BCUT2D eigenvalue weighted by Gasteiger charge is 2.42. The van der Waals surface area contributed by atoms with Crippen molar-refractivity contribution < 1.29 is 22.4 Å². The zero-order chi connectivity index (χ0) is 22.2. The molecule has 0 saturated carbocycles. The van der Waals surface area contributed by atoms with Crippen LogP contribution < -0.4 is 10.2 Å². The summed E-state index contributed by atoms with van der Waals surface area (Å²) >= 11 is 0. The van der Waals surface area contributed by atoms with Gasteiger partial charge < -0.3 is 10.2 Å². The van der Waals surface area contributed by atoms with Crippen LogP contribution in [0.5, 0.6) is 0 Å². The fraction of sp³-hybridized carbons (Fsp3) is 0.286. The number of rotatable bonds is 4. The molecule has 6 nitrogen and oxygen atoms in total. The molecule has 3 aromatic rings. The Kier molecular flexibility index (Phi) is 5.38. The van der Waals surface area contributed by atoms with Crippen molar-refractivity contribution in [3.8, 4) is 5.69 Å². The summed E-state index contributed by atoms with van der Waals surface area (Å²) in [7, 11) is 0. The number of aromatic nitrogens is 3. The fourth-order valence-corrected chi connectivity index (χ4v) is 3.69. The second-order valence-electron chi connectivity index (χ2n) is 7.32. The standard InChI is InChI=1S/C21H19F4N5O/c1-13-12-15(6-9-17(13)29-10-2-3-11-29)26-20(31)18-19(21(23,24)25)30(28-27-18)16-7-4-14(22)5-8-16/h4-9,12H,2-3,10-11H2,1H3,(H,26,31). The van der Waals surface area contributed by atoms with Gasteiger partial charge in [-0.25, -0.2) is 9.07 Å². The molecule has 1 fully saturated rings. The molecule has 0 bridgehead atoms. The molecule has 1 aliphatic rings. The van der Waals surface area contributed by atoms with Crippen molar-refractivity contribution >= 4 is 17.3 Å². The summed E-state index contributed by atoms with van der Waals surface area (Å²) in [6, 6.07) is 9.46. The predicted molar refractivity (Wildman–Crippen MR) is 107 cm³/mol. The lowest BCUT2D eigenvalue weighted by atomic mass is 10.1. The van der Waals surface area contributed by atoms with Gasteiger partial charge in [0.25, 0.3) is 5.91 Å². The molecule has 31 heavy (non-hydrogen) atoms. The van der Waals surface area contributed by atoms with E-state index < -0.39 is 29.3 Å². The maximum Gasteiger partial charge on any atom is 0.435 e. The number of nitrogens with zero attached hydrogens (tertiary/aromatic N) is 4. The molecule has 4 rings (SSSR count). The van der Waals surface area contributed by atoms with Crippen LogP contribution in [0.15, 0.2) is 42.5 Å². The van der Waals surface area contributed by atoms with Gasteiger partial charge in [0.1, 0.15) is 5.82 Å². The SMILES string of the molecule is Cc1cc(NC(=O)c2nnn(-c3ccc(F)cc3)c2C(F)(F)F)ccc1N1CCCC1. The molecule has 162 valence electrons. The zero-order valence-electron chi connectivity index (χ0n) is 16.6. The molecule has 0 unspecified atom stereocenters. The molecule has 1 amide bonds. The number of carbonyl (C=O) groups is 1. The summed E-state index contributed by atoms with van der Waals surface area (Å²) in [6.07, 6.45) is -2.68. The quantitative estimate of drug-likeness (QED) is 0.612. The maximum atomic E-state index is 13.7. The molecule has 1 N–H and O–H groups in total. The monoisotopic (exact) mass is 433 g/mol. The van der Waals surface area contributed by atoms with E-state index in [0.717, 1.165) is 61.4 Å². The van der Waals surface area contributed by atoms with Crippen molar-refractivity contribution in [2.24, 2.45) is 0 Å². The van der Waals surface area contributed by atoms with Crippen LogP contribution in [0.25, 0.3) is 5.69 Å². The highest BCUT2D eigenvalue weighted by atomic mass is 19.4. The van der Waals surface area contributed by atoms with E-state index in [-0.39, 0.29) is 5.69 Å². The maximum absolute atomic E-state index is 13.7. The summed E-state index contributed by atoms with van der Waals surface area (Å²) in [5, 5.41) is 9.42. The van der Waals surface area contributed by atoms with Gasteiger partial charge in [-0.15, -0.1) is 5.10 Å². The minimum absolute atomic E-state index is 0.0638. The van der Waals surface area contributed by atoms with Gasteiger partial charge in [0.15, 0.2) is 11.4 Å². The Morgan fingerprint density at radius 1 is 1.06 bits per heavy atom. The Balaban J connectivity index is 1.63. The topological polar surface area (TPSA) is 63.1 Å². The third-order valence-corrected chi connectivity index (χ3v) is 5.13. The molecule has 1 saturated heterocycles. The first kappa shape index (κ1) is 20.8. The van der Waals surface area contributed by atoms with Crippen molar-refractivity contribution in [2.75, 3.05) is 23.3 Å². The second kappa shape index (κ2) is 8.01. The van der Waals surface area contributed by atoms with Gasteiger partial charge in [-0.05, 0) is 67.8 Å². The van der Waals surface area contributed by atoms with Gasteiger partial charge in [-0.3, -0.25) is 4.79 Å². The first-order chi connectivity index (χ1) is 14.7. The summed E-state index contributed by atoms with van der Waals surface area (Å²) in [4.78, 5) is 14.9. The first-order valence-electron chi connectivity index (χ1n) is 9.70. The lowest BCUT2D eigenvalue weighted by molar-refractivity contribution is -0.143. The third kappa shape index (κ3) is 4.23. The van der Waals surface area contributed by atoms with Crippen molar-refractivity contribution in [3.63, 3.8) is 0 Å². The molecule has 0 radical (unpaired) electrons. The number of alkyl halides is 3. The van der Waals surface area contributed by atoms with Crippen LogP contribution in [0.1, 0.15) is 34.6 Å². The number of amides is 1. The number of benzene rings is 2. The van der Waals surface area contributed by atoms with Crippen molar-refractivity contribution in [1.29, 1.82) is 0 Å². The van der Waals surface area contributed by atoms with Crippen LogP contribution in [0, 0.1) is 12.7 Å². The fourth-order valence-electron chi connectivity index (χ4n) is 3.69. The number of nitrogens with one attached hydrogen (secondary N) is 1. The van der Waals surface area contributed by atoms with Crippen LogP contribution in [0.3, 0.4) is 0 Å². The zero-order valence-corrected chi connectivity index (χ0v) is 16.6. The van der Waals surface area contributed by atoms with Gasteiger partial charge >= 0.3 is 6.18 Å². The Labute approximate surface area is 175 Å². The summed E-state index contributed by atoms with van der Waals surface area (Å²) < 4.78 is 54.8. The highest BCUT2D eigenvalue weighted by Crippen LogP contribution is 2.33. The molecule has 2 aromatic carbocycles. The predicted octanol–water partition coefficient (Wildman–Crippen LogP) is 4.59. The van der Waals surface area contributed by atoms with E-state index in [1.54, 1.807) is 12.1 Å². The lowest BCUT2D eigenvalue weighted by Gasteiger charge is -2.20. The molecule has 2 heterocycles. The molecular formula is C21H19F4N5O. The highest BCUT2D eigenvalue weighted by molar-refractivity contribution is 6.04. The van der Waals surface area contributed by atoms with Crippen molar-refractivity contribution in [2.45, 2.75) is 25.9 Å². The van der Waals surface area contributed by atoms with E-state index >= 15 is 0 Å². The van der Waals surface area contributed by atoms with Gasteiger partial charge in [0.05, 0.1) is 5.69 Å². The van der Waals surface area contributed by atoms with E-state index in [1.807, 2.05) is 13.0 Å². The molecule has 10 heteroatoms. The Morgan fingerprint density at radius 3 is 2.35 bits per heavy atom. The van der Waals surface area contributed by atoms with Crippen LogP contribution in [-0.4, -0.2) is 34.0 Å². The average Bonchev–Trinajstić information content (AvgIpc) is 3.38. The van der Waals surface area contributed by atoms with Crippen LogP contribution >= 0.6 is 0 Å². The summed E-state index contributed by atoms with van der Waals surface area (Å²) in [5.74, 6) is -1.64. The number of halogens is 4. The van der Waals surface area contributed by atoms with Gasteiger partial charge in [-0.2, -0.15) is 13.2 Å². The Hall–Kier alpha value is -3.43. The van der Waals surface area contributed by atoms with E-state index in [9.17, 15) is 22.4 Å². The van der Waals surface area contributed by atoms with E-state index in [4.69, 9.17) is 0 Å².